The number of hydroxylamine groups is 2. The van der Waals surface area contributed by atoms with Crippen LogP contribution in [0, 0.1) is 0 Å². The molecule has 1 aliphatic heterocycles. The molecule has 2 fully saturated rings. The van der Waals surface area contributed by atoms with E-state index in [1.165, 1.54) is 0 Å². The van der Waals surface area contributed by atoms with E-state index in [9.17, 15) is 19.2 Å². The zero-order valence-electron chi connectivity index (χ0n) is 16.1. The maximum absolute atomic E-state index is 12.0. The van der Waals surface area contributed by atoms with Crippen molar-refractivity contribution in [3.05, 3.63) is 35.9 Å². The summed E-state index contributed by atoms with van der Waals surface area (Å²) < 4.78 is 5.25. The van der Waals surface area contributed by atoms with E-state index in [1.807, 2.05) is 30.3 Å². The second-order valence-corrected chi connectivity index (χ2v) is 7.21. The van der Waals surface area contributed by atoms with Crippen molar-refractivity contribution in [2.75, 3.05) is 0 Å². The number of ether oxygens (including phenoxy) is 1. The van der Waals surface area contributed by atoms with Gasteiger partial charge >= 0.3 is 12.2 Å². The van der Waals surface area contributed by atoms with Gasteiger partial charge in [-0.1, -0.05) is 30.3 Å². The monoisotopic (exact) mass is 403 g/mol. The number of benzene rings is 1. The van der Waals surface area contributed by atoms with E-state index < -0.39 is 24.0 Å². The summed E-state index contributed by atoms with van der Waals surface area (Å²) in [7, 11) is 0. The summed E-state index contributed by atoms with van der Waals surface area (Å²) in [4.78, 5) is 51.8. The van der Waals surface area contributed by atoms with Crippen LogP contribution in [-0.2, 0) is 25.8 Å². The van der Waals surface area contributed by atoms with Crippen molar-refractivity contribution in [3.8, 4) is 0 Å². The van der Waals surface area contributed by atoms with Crippen molar-refractivity contribution in [2.24, 2.45) is 0 Å². The summed E-state index contributed by atoms with van der Waals surface area (Å²) >= 11 is 0. The van der Waals surface area contributed by atoms with Crippen LogP contribution in [-0.4, -0.2) is 41.1 Å². The molecule has 2 atom stereocenters. The van der Waals surface area contributed by atoms with Gasteiger partial charge in [0.2, 0.25) is 0 Å². The number of nitrogens with one attached hydrogen (secondary N) is 2. The second-order valence-electron chi connectivity index (χ2n) is 7.21. The number of nitrogens with zero attached hydrogens (tertiary/aromatic N) is 1. The van der Waals surface area contributed by atoms with E-state index in [0.717, 1.165) is 18.4 Å². The van der Waals surface area contributed by atoms with Crippen LogP contribution >= 0.6 is 0 Å². The highest BCUT2D eigenvalue weighted by Crippen LogP contribution is 2.19. The first-order valence-corrected chi connectivity index (χ1v) is 9.82. The quantitative estimate of drug-likeness (QED) is 0.576. The first-order valence-electron chi connectivity index (χ1n) is 9.82. The summed E-state index contributed by atoms with van der Waals surface area (Å²) in [6, 6.07) is 9.25. The van der Waals surface area contributed by atoms with E-state index in [0.29, 0.717) is 24.3 Å². The van der Waals surface area contributed by atoms with Crippen molar-refractivity contribution in [2.45, 2.75) is 63.6 Å². The van der Waals surface area contributed by atoms with E-state index in [1.54, 1.807) is 0 Å². The smallest absolute Gasteiger partial charge is 0.432 e. The normalized spacial score (nSPS) is 22.0. The van der Waals surface area contributed by atoms with Crippen LogP contribution in [0.25, 0.3) is 0 Å². The molecule has 0 spiro atoms. The Labute approximate surface area is 168 Å². The van der Waals surface area contributed by atoms with Crippen LogP contribution in [0.15, 0.2) is 30.3 Å². The minimum absolute atomic E-state index is 0.0390. The van der Waals surface area contributed by atoms with Crippen LogP contribution in [0.1, 0.15) is 50.5 Å². The highest BCUT2D eigenvalue weighted by Gasteiger charge is 2.33. The number of amides is 4. The van der Waals surface area contributed by atoms with Crippen molar-refractivity contribution in [1.29, 1.82) is 0 Å². The molecule has 0 aromatic heterocycles. The molecule has 0 radical (unpaired) electrons. The summed E-state index contributed by atoms with van der Waals surface area (Å²) in [6.45, 7) is 0.212. The topological polar surface area (TPSA) is 114 Å². The third-order valence-electron chi connectivity index (χ3n) is 5.01. The third kappa shape index (κ3) is 6.20. The molecule has 1 heterocycles. The maximum atomic E-state index is 12.0. The third-order valence-corrected chi connectivity index (χ3v) is 5.01. The van der Waals surface area contributed by atoms with Crippen LogP contribution < -0.4 is 10.6 Å². The van der Waals surface area contributed by atoms with Crippen LogP contribution in [0.3, 0.4) is 0 Å². The Morgan fingerprint density at radius 1 is 0.897 bits per heavy atom. The molecule has 156 valence electrons. The summed E-state index contributed by atoms with van der Waals surface area (Å²) in [5.41, 5.74) is 0.918. The molecule has 0 bridgehead atoms. The molecule has 2 N–H and O–H groups in total. The Hall–Kier alpha value is -3.10. The number of imide groups is 1. The van der Waals surface area contributed by atoms with Crippen LogP contribution in [0.2, 0.25) is 0 Å². The van der Waals surface area contributed by atoms with Crippen molar-refractivity contribution < 1.29 is 28.8 Å². The molecule has 1 saturated heterocycles. The van der Waals surface area contributed by atoms with Gasteiger partial charge in [-0.05, 0) is 37.7 Å². The molecular weight excluding hydrogens is 378 g/mol. The lowest BCUT2D eigenvalue weighted by atomic mass is 10.1. The van der Waals surface area contributed by atoms with E-state index >= 15 is 0 Å². The van der Waals surface area contributed by atoms with Gasteiger partial charge in [-0.25, -0.2) is 9.59 Å². The Bertz CT molecular complexity index is 738. The van der Waals surface area contributed by atoms with Gasteiger partial charge in [0, 0.05) is 24.9 Å². The fourth-order valence-electron chi connectivity index (χ4n) is 3.46. The average Bonchev–Trinajstić information content (AvgIpc) is 2.90. The van der Waals surface area contributed by atoms with Gasteiger partial charge in [0.25, 0.3) is 11.8 Å². The van der Waals surface area contributed by atoms with Crippen molar-refractivity contribution >= 4 is 24.0 Å². The molecule has 4 amide bonds. The second kappa shape index (κ2) is 9.90. The molecule has 1 aromatic carbocycles. The molecule has 1 aliphatic carbocycles. The molecule has 29 heavy (non-hydrogen) atoms. The molecule has 9 heteroatoms. The first-order chi connectivity index (χ1) is 14.0. The first kappa shape index (κ1) is 20.6. The van der Waals surface area contributed by atoms with E-state index in [-0.39, 0.29) is 31.5 Å². The fourth-order valence-corrected chi connectivity index (χ4v) is 3.46. The molecule has 9 nitrogen and oxygen atoms in total. The predicted octanol–water partition coefficient (Wildman–Crippen LogP) is 2.40. The van der Waals surface area contributed by atoms with Gasteiger partial charge < -0.3 is 20.2 Å². The number of carbonyl (C=O) groups excluding carboxylic acids is 4. The Morgan fingerprint density at radius 3 is 2.10 bits per heavy atom. The highest BCUT2D eigenvalue weighted by atomic mass is 16.7. The molecule has 2 aliphatic rings. The SMILES string of the molecule is O=C(N[C@@H]1CCC[C@H](NC(=O)ON2C(=O)CCC2=O)CC1)OCc1ccccc1. The Morgan fingerprint density at radius 2 is 1.48 bits per heavy atom. The molecular formula is C20H25N3O6. The maximum Gasteiger partial charge on any atom is 0.432 e. The van der Waals surface area contributed by atoms with Gasteiger partial charge in [0.05, 0.1) is 0 Å². The number of hydrogen-bond acceptors (Lipinski definition) is 6. The molecule has 1 aromatic rings. The van der Waals surface area contributed by atoms with Gasteiger partial charge in [-0.2, -0.15) is 0 Å². The summed E-state index contributed by atoms with van der Waals surface area (Å²) in [6.07, 6.45) is 2.45. The van der Waals surface area contributed by atoms with Crippen LogP contribution in [0.5, 0.6) is 0 Å². The minimum atomic E-state index is -0.813. The Balaban J connectivity index is 1.38. The number of alkyl carbamates (subject to hydrolysis) is 1. The predicted molar refractivity (Wildman–Crippen MR) is 101 cm³/mol. The van der Waals surface area contributed by atoms with Crippen molar-refractivity contribution in [1.82, 2.24) is 15.7 Å². The minimum Gasteiger partial charge on any atom is -0.445 e. The van der Waals surface area contributed by atoms with Gasteiger partial charge in [0.1, 0.15) is 6.61 Å². The van der Waals surface area contributed by atoms with Gasteiger partial charge in [-0.15, -0.1) is 5.06 Å². The number of rotatable bonds is 5. The van der Waals surface area contributed by atoms with Crippen LogP contribution in [0.4, 0.5) is 9.59 Å². The number of hydrogen-bond donors (Lipinski definition) is 2. The Kier molecular flexibility index (Phi) is 7.04. The number of carbonyl (C=O) groups is 4. The summed E-state index contributed by atoms with van der Waals surface area (Å²) in [5, 5.41) is 6.09. The van der Waals surface area contributed by atoms with Crippen molar-refractivity contribution in [3.63, 3.8) is 0 Å². The standard InChI is InChI=1S/C20H25N3O6/c24-17-11-12-18(25)23(17)29-20(27)22-16-8-4-7-15(9-10-16)21-19(26)28-13-14-5-2-1-3-6-14/h1-3,5-6,15-16H,4,7-13H2,(H,21,26)(H,22,27)/t15-,16+/m1/s1. The zero-order chi connectivity index (χ0) is 20.6. The van der Waals surface area contributed by atoms with Gasteiger partial charge in [-0.3, -0.25) is 9.59 Å². The lowest BCUT2D eigenvalue weighted by Gasteiger charge is -2.19. The average molecular weight is 403 g/mol. The largest absolute Gasteiger partial charge is 0.445 e. The molecule has 3 rings (SSSR count). The zero-order valence-corrected chi connectivity index (χ0v) is 16.1. The molecule has 1 saturated carbocycles. The van der Waals surface area contributed by atoms with E-state index in [2.05, 4.69) is 10.6 Å². The highest BCUT2D eigenvalue weighted by molar-refractivity contribution is 6.01. The fraction of sp³-hybridized carbons (Fsp3) is 0.500. The van der Waals surface area contributed by atoms with E-state index in [4.69, 9.17) is 9.57 Å². The summed E-state index contributed by atoms with van der Waals surface area (Å²) in [5.74, 6) is -1.02. The lowest BCUT2D eigenvalue weighted by Crippen LogP contribution is -2.41. The van der Waals surface area contributed by atoms with Gasteiger partial charge in [0.15, 0.2) is 0 Å². The lowest BCUT2D eigenvalue weighted by molar-refractivity contribution is -0.171. The molecule has 0 unspecified atom stereocenters.